The predicted octanol–water partition coefficient (Wildman–Crippen LogP) is 1.00. The molecule has 2 rings (SSSR count). The Labute approximate surface area is 109 Å². The lowest BCUT2D eigenvalue weighted by molar-refractivity contribution is 0.214. The number of fused-ring (bicyclic) bond motifs is 1. The van der Waals surface area contributed by atoms with Crippen LogP contribution in [0.4, 0.5) is 0 Å². The van der Waals surface area contributed by atoms with Gasteiger partial charge in [0.25, 0.3) is 5.56 Å². The monoisotopic (exact) mass is 267 g/mol. The van der Waals surface area contributed by atoms with E-state index in [1.54, 1.807) is 18.2 Å². The maximum Gasteiger partial charge on any atom is 0.258 e. The minimum atomic E-state index is -0.177. The van der Waals surface area contributed by atoms with Crippen LogP contribution in [0.1, 0.15) is 5.82 Å². The van der Waals surface area contributed by atoms with Crippen LogP contribution in [0.2, 0.25) is 5.02 Å². The number of likely N-dealkylation sites (N-methyl/N-ethyl adjacent to an activating group) is 1. The summed E-state index contributed by atoms with van der Waals surface area (Å²) in [7, 11) is 1.85. The fourth-order valence-electron chi connectivity index (χ4n) is 1.74. The van der Waals surface area contributed by atoms with E-state index in [4.69, 9.17) is 16.7 Å². The van der Waals surface area contributed by atoms with Crippen LogP contribution in [-0.4, -0.2) is 40.2 Å². The lowest BCUT2D eigenvalue weighted by Crippen LogP contribution is -2.24. The third-order valence-corrected chi connectivity index (χ3v) is 2.85. The molecule has 2 N–H and O–H groups in total. The number of benzene rings is 1. The molecule has 2 aromatic rings. The first-order valence-corrected chi connectivity index (χ1v) is 5.96. The number of hydrogen-bond donors (Lipinski definition) is 2. The zero-order valence-electron chi connectivity index (χ0n) is 9.98. The van der Waals surface area contributed by atoms with Crippen molar-refractivity contribution in [2.75, 3.05) is 20.2 Å². The number of rotatable bonds is 4. The predicted molar refractivity (Wildman–Crippen MR) is 70.8 cm³/mol. The molecule has 0 atom stereocenters. The van der Waals surface area contributed by atoms with E-state index >= 15 is 0 Å². The fraction of sp³-hybridized carbons (Fsp3) is 0.333. The van der Waals surface area contributed by atoms with Gasteiger partial charge in [-0.05, 0) is 25.2 Å². The molecule has 5 nitrogen and oxygen atoms in total. The molecule has 0 radical (unpaired) electrons. The van der Waals surface area contributed by atoms with E-state index in [1.165, 1.54) is 0 Å². The summed E-state index contributed by atoms with van der Waals surface area (Å²) in [6.07, 6.45) is 0. The average molecular weight is 268 g/mol. The zero-order valence-corrected chi connectivity index (χ0v) is 10.7. The largest absolute Gasteiger partial charge is 0.395 e. The van der Waals surface area contributed by atoms with Gasteiger partial charge in [-0.3, -0.25) is 9.69 Å². The van der Waals surface area contributed by atoms with Gasteiger partial charge in [-0.2, -0.15) is 0 Å². The lowest BCUT2D eigenvalue weighted by Gasteiger charge is -2.14. The number of aromatic nitrogens is 2. The first-order chi connectivity index (χ1) is 8.60. The third kappa shape index (κ3) is 2.87. The number of nitrogens with zero attached hydrogens (tertiary/aromatic N) is 2. The summed E-state index contributed by atoms with van der Waals surface area (Å²) in [4.78, 5) is 20.8. The van der Waals surface area contributed by atoms with Gasteiger partial charge in [0.05, 0.1) is 24.1 Å². The Morgan fingerprint density at radius 1 is 1.50 bits per heavy atom. The summed E-state index contributed by atoms with van der Waals surface area (Å²) in [6, 6.07) is 4.99. The quantitative estimate of drug-likeness (QED) is 0.867. The Bertz CT molecular complexity index is 612. The van der Waals surface area contributed by atoms with Gasteiger partial charge < -0.3 is 10.1 Å². The maximum atomic E-state index is 11.8. The molecule has 1 aromatic heterocycles. The summed E-state index contributed by atoms with van der Waals surface area (Å²) < 4.78 is 0. The van der Waals surface area contributed by atoms with Crippen molar-refractivity contribution in [3.63, 3.8) is 0 Å². The molecule has 1 heterocycles. The van der Waals surface area contributed by atoms with Gasteiger partial charge in [0.1, 0.15) is 5.82 Å². The Kier molecular flexibility index (Phi) is 3.96. The molecule has 0 saturated carbocycles. The van der Waals surface area contributed by atoms with Crippen LogP contribution < -0.4 is 5.56 Å². The minimum Gasteiger partial charge on any atom is -0.395 e. The van der Waals surface area contributed by atoms with Crippen molar-refractivity contribution in [1.82, 2.24) is 14.9 Å². The number of halogens is 1. The third-order valence-electron chi connectivity index (χ3n) is 2.62. The molecule has 6 heteroatoms. The van der Waals surface area contributed by atoms with Gasteiger partial charge in [-0.1, -0.05) is 11.6 Å². The van der Waals surface area contributed by atoms with Crippen LogP contribution in [0.25, 0.3) is 10.9 Å². The number of hydrogen-bond acceptors (Lipinski definition) is 4. The van der Waals surface area contributed by atoms with Crippen LogP contribution in [0.15, 0.2) is 23.0 Å². The van der Waals surface area contributed by atoms with Crippen molar-refractivity contribution in [2.45, 2.75) is 6.54 Å². The lowest BCUT2D eigenvalue weighted by atomic mass is 10.2. The molecular formula is C12H14ClN3O2. The van der Waals surface area contributed by atoms with Gasteiger partial charge in [0.15, 0.2) is 0 Å². The molecule has 0 amide bonds. The van der Waals surface area contributed by atoms with Crippen LogP contribution in [0, 0.1) is 0 Å². The Balaban J connectivity index is 2.38. The van der Waals surface area contributed by atoms with Crippen molar-refractivity contribution in [3.8, 4) is 0 Å². The Morgan fingerprint density at radius 3 is 3.00 bits per heavy atom. The molecule has 0 aliphatic heterocycles. The van der Waals surface area contributed by atoms with Crippen molar-refractivity contribution in [3.05, 3.63) is 39.4 Å². The van der Waals surface area contributed by atoms with E-state index in [2.05, 4.69) is 9.97 Å². The van der Waals surface area contributed by atoms with Crippen molar-refractivity contribution < 1.29 is 5.11 Å². The van der Waals surface area contributed by atoms with Crippen LogP contribution >= 0.6 is 11.6 Å². The van der Waals surface area contributed by atoms with E-state index in [9.17, 15) is 4.79 Å². The number of aliphatic hydroxyl groups excluding tert-OH is 1. The second kappa shape index (κ2) is 5.48. The normalized spacial score (nSPS) is 11.3. The molecule has 0 saturated heterocycles. The molecule has 96 valence electrons. The molecule has 0 bridgehead atoms. The van der Waals surface area contributed by atoms with E-state index < -0.39 is 0 Å². The molecule has 0 unspecified atom stereocenters. The highest BCUT2D eigenvalue weighted by Gasteiger charge is 2.06. The smallest absolute Gasteiger partial charge is 0.258 e. The fourth-order valence-corrected chi connectivity index (χ4v) is 1.91. The zero-order chi connectivity index (χ0) is 13.1. The second-order valence-electron chi connectivity index (χ2n) is 4.14. The van der Waals surface area contributed by atoms with Gasteiger partial charge in [0.2, 0.25) is 0 Å². The van der Waals surface area contributed by atoms with Crippen molar-refractivity contribution in [2.24, 2.45) is 0 Å². The highest BCUT2D eigenvalue weighted by molar-refractivity contribution is 6.31. The van der Waals surface area contributed by atoms with E-state index in [-0.39, 0.29) is 12.2 Å². The SMILES string of the molecule is CN(CCO)Cc1nc2cc(Cl)ccc2c(=O)[nH]1. The molecule has 0 spiro atoms. The second-order valence-corrected chi connectivity index (χ2v) is 4.57. The molecule has 0 aliphatic rings. The summed E-state index contributed by atoms with van der Waals surface area (Å²) in [5.41, 5.74) is 0.405. The molecular weight excluding hydrogens is 254 g/mol. The Morgan fingerprint density at radius 2 is 2.28 bits per heavy atom. The first kappa shape index (κ1) is 13.0. The Hall–Kier alpha value is -1.43. The average Bonchev–Trinajstić information content (AvgIpc) is 2.28. The minimum absolute atomic E-state index is 0.0696. The summed E-state index contributed by atoms with van der Waals surface area (Å²) in [5.74, 6) is 0.561. The van der Waals surface area contributed by atoms with E-state index in [0.29, 0.717) is 34.8 Å². The number of H-pyrrole nitrogens is 1. The highest BCUT2D eigenvalue weighted by Crippen LogP contribution is 2.14. The highest BCUT2D eigenvalue weighted by atomic mass is 35.5. The summed E-state index contributed by atoms with van der Waals surface area (Å²) >= 11 is 5.88. The summed E-state index contributed by atoms with van der Waals surface area (Å²) in [6.45, 7) is 1.07. The molecule has 0 aliphatic carbocycles. The molecule has 0 fully saturated rings. The number of aliphatic hydroxyl groups is 1. The van der Waals surface area contributed by atoms with Crippen LogP contribution in [0.5, 0.6) is 0 Å². The number of nitrogens with one attached hydrogen (secondary N) is 1. The van der Waals surface area contributed by atoms with Crippen LogP contribution in [0.3, 0.4) is 0 Å². The van der Waals surface area contributed by atoms with E-state index in [0.717, 1.165) is 0 Å². The van der Waals surface area contributed by atoms with Gasteiger partial charge in [-0.15, -0.1) is 0 Å². The van der Waals surface area contributed by atoms with Crippen molar-refractivity contribution >= 4 is 22.5 Å². The van der Waals surface area contributed by atoms with Crippen LogP contribution in [-0.2, 0) is 6.54 Å². The van der Waals surface area contributed by atoms with Gasteiger partial charge in [0, 0.05) is 11.6 Å². The molecule has 1 aromatic carbocycles. The number of aromatic amines is 1. The first-order valence-electron chi connectivity index (χ1n) is 5.58. The molecule has 18 heavy (non-hydrogen) atoms. The topological polar surface area (TPSA) is 69.2 Å². The van der Waals surface area contributed by atoms with Crippen molar-refractivity contribution in [1.29, 1.82) is 0 Å². The van der Waals surface area contributed by atoms with Gasteiger partial charge >= 0.3 is 0 Å². The summed E-state index contributed by atoms with van der Waals surface area (Å²) in [5, 5.41) is 9.90. The van der Waals surface area contributed by atoms with E-state index in [1.807, 2.05) is 11.9 Å². The van der Waals surface area contributed by atoms with Gasteiger partial charge in [-0.25, -0.2) is 4.98 Å². The maximum absolute atomic E-state index is 11.8. The standard InChI is InChI=1S/C12H14ClN3O2/c1-16(4-5-17)7-11-14-10-6-8(13)2-3-9(10)12(18)15-11/h2-3,6,17H,4-5,7H2,1H3,(H,14,15,18).